The molecule has 3 N–H and O–H groups in total. The summed E-state index contributed by atoms with van der Waals surface area (Å²) in [7, 11) is -2.48. The Kier molecular flexibility index (Phi) is 4.10. The molecule has 21 heavy (non-hydrogen) atoms. The number of carboxylic acid groups (broad SMARTS) is 1. The Morgan fingerprint density at radius 2 is 2.10 bits per heavy atom. The third-order valence-electron chi connectivity index (χ3n) is 2.62. The lowest BCUT2D eigenvalue weighted by Crippen LogP contribution is -2.12. The van der Waals surface area contributed by atoms with E-state index in [2.05, 4.69) is 9.71 Å². The fraction of sp³-hybridized carbons (Fsp3) is 0.0833. The average molecular weight is 331 g/mol. The smallest absolute Gasteiger partial charge is 0.352 e. The van der Waals surface area contributed by atoms with E-state index in [1.807, 2.05) is 0 Å². The number of halogens is 1. The number of aromatic amines is 1. The van der Waals surface area contributed by atoms with Gasteiger partial charge in [-0.1, -0.05) is 11.6 Å². The molecule has 2 rings (SSSR count). The second kappa shape index (κ2) is 5.66. The van der Waals surface area contributed by atoms with Crippen molar-refractivity contribution in [2.24, 2.45) is 0 Å². The van der Waals surface area contributed by atoms with Crippen LogP contribution in [0.1, 0.15) is 10.5 Å². The molecule has 0 aliphatic carbocycles. The molecular formula is C12H11ClN2O5S. The van der Waals surface area contributed by atoms with E-state index in [0.29, 0.717) is 5.75 Å². The van der Waals surface area contributed by atoms with Gasteiger partial charge in [0.25, 0.3) is 10.0 Å². The minimum Gasteiger partial charge on any atom is -0.497 e. The number of ether oxygens (including phenoxy) is 1. The summed E-state index contributed by atoms with van der Waals surface area (Å²) in [5.41, 5.74) is -0.0632. The third kappa shape index (κ3) is 3.29. The normalized spacial score (nSPS) is 11.1. The van der Waals surface area contributed by atoms with Crippen molar-refractivity contribution in [3.05, 3.63) is 41.2 Å². The molecule has 1 heterocycles. The highest BCUT2D eigenvalue weighted by molar-refractivity contribution is 7.92. The van der Waals surface area contributed by atoms with Crippen LogP contribution in [0.15, 0.2) is 35.4 Å². The number of methoxy groups -OCH3 is 1. The monoisotopic (exact) mass is 330 g/mol. The Bertz CT molecular complexity index is 785. The lowest BCUT2D eigenvalue weighted by molar-refractivity contribution is 0.0691. The van der Waals surface area contributed by atoms with Crippen LogP contribution in [0.2, 0.25) is 5.02 Å². The SMILES string of the molecule is COc1ccc(NS(=O)(=O)c2c[nH]c(C(=O)O)c2)c(Cl)c1. The molecule has 0 saturated carbocycles. The number of benzene rings is 1. The highest BCUT2D eigenvalue weighted by atomic mass is 35.5. The van der Waals surface area contributed by atoms with Gasteiger partial charge < -0.3 is 14.8 Å². The molecule has 2 aromatic rings. The van der Waals surface area contributed by atoms with Gasteiger partial charge >= 0.3 is 5.97 Å². The first kappa shape index (κ1) is 15.2. The lowest BCUT2D eigenvalue weighted by Gasteiger charge is -2.09. The molecule has 0 aliphatic heterocycles. The molecule has 0 saturated heterocycles. The van der Waals surface area contributed by atoms with Crippen LogP contribution < -0.4 is 9.46 Å². The largest absolute Gasteiger partial charge is 0.497 e. The number of hydrogen-bond donors (Lipinski definition) is 3. The average Bonchev–Trinajstić information content (AvgIpc) is 2.91. The molecule has 1 aromatic carbocycles. The summed E-state index contributed by atoms with van der Waals surface area (Å²) in [6.07, 6.45) is 1.09. The van der Waals surface area contributed by atoms with Crippen molar-refractivity contribution in [1.82, 2.24) is 4.98 Å². The minimum atomic E-state index is -3.94. The number of aromatic nitrogens is 1. The first-order valence-electron chi connectivity index (χ1n) is 5.61. The number of rotatable bonds is 5. The molecule has 0 spiro atoms. The molecule has 1 aromatic heterocycles. The summed E-state index contributed by atoms with van der Waals surface area (Å²) in [5.74, 6) is -0.767. The summed E-state index contributed by atoms with van der Waals surface area (Å²) < 4.78 is 31.5. The molecule has 7 nitrogen and oxygen atoms in total. The van der Waals surface area contributed by atoms with Crippen molar-refractivity contribution in [3.63, 3.8) is 0 Å². The fourth-order valence-electron chi connectivity index (χ4n) is 1.56. The van der Waals surface area contributed by atoms with Crippen LogP contribution in [0.4, 0.5) is 5.69 Å². The van der Waals surface area contributed by atoms with Crippen molar-refractivity contribution in [1.29, 1.82) is 0 Å². The number of sulfonamides is 1. The summed E-state index contributed by atoms with van der Waals surface area (Å²) in [5, 5.41) is 8.93. The predicted octanol–water partition coefficient (Wildman–Crippen LogP) is 2.18. The first-order valence-corrected chi connectivity index (χ1v) is 7.47. The van der Waals surface area contributed by atoms with Gasteiger partial charge in [-0.25, -0.2) is 13.2 Å². The molecule has 0 unspecified atom stereocenters. The van der Waals surface area contributed by atoms with Crippen LogP contribution in [0.3, 0.4) is 0 Å². The summed E-state index contributed by atoms with van der Waals surface area (Å²) in [6, 6.07) is 5.47. The number of anilines is 1. The van der Waals surface area contributed by atoms with Crippen molar-refractivity contribution in [2.75, 3.05) is 11.8 Å². The second-order valence-electron chi connectivity index (χ2n) is 4.01. The molecule has 0 bridgehead atoms. The maximum absolute atomic E-state index is 12.1. The van der Waals surface area contributed by atoms with Crippen LogP contribution in [-0.2, 0) is 10.0 Å². The molecule has 0 fully saturated rings. The maximum Gasteiger partial charge on any atom is 0.352 e. The molecule has 112 valence electrons. The van der Waals surface area contributed by atoms with E-state index in [4.69, 9.17) is 21.4 Å². The Morgan fingerprint density at radius 3 is 2.62 bits per heavy atom. The zero-order valence-corrected chi connectivity index (χ0v) is 12.3. The van der Waals surface area contributed by atoms with Gasteiger partial charge in [0.2, 0.25) is 0 Å². The van der Waals surface area contributed by atoms with E-state index in [0.717, 1.165) is 12.3 Å². The van der Waals surface area contributed by atoms with Gasteiger partial charge in [0, 0.05) is 12.3 Å². The van der Waals surface area contributed by atoms with E-state index in [1.54, 1.807) is 6.07 Å². The van der Waals surface area contributed by atoms with Gasteiger partial charge in [-0.05, 0) is 18.2 Å². The Morgan fingerprint density at radius 1 is 1.38 bits per heavy atom. The van der Waals surface area contributed by atoms with Crippen LogP contribution in [0.25, 0.3) is 0 Å². The van der Waals surface area contributed by atoms with Crippen LogP contribution in [0, 0.1) is 0 Å². The zero-order valence-electron chi connectivity index (χ0n) is 10.8. The number of H-pyrrole nitrogens is 1. The summed E-state index contributed by atoms with van der Waals surface area (Å²) in [6.45, 7) is 0. The van der Waals surface area contributed by atoms with Gasteiger partial charge in [0.05, 0.1) is 17.8 Å². The topological polar surface area (TPSA) is 108 Å². The van der Waals surface area contributed by atoms with E-state index in [1.165, 1.54) is 19.2 Å². The fourth-order valence-corrected chi connectivity index (χ4v) is 2.91. The number of nitrogens with one attached hydrogen (secondary N) is 2. The molecule has 0 aliphatic rings. The van der Waals surface area contributed by atoms with Crippen LogP contribution in [0.5, 0.6) is 5.75 Å². The number of hydrogen-bond acceptors (Lipinski definition) is 4. The van der Waals surface area contributed by atoms with Crippen molar-refractivity contribution in [3.8, 4) is 5.75 Å². The van der Waals surface area contributed by atoms with Gasteiger partial charge in [-0.2, -0.15) is 0 Å². The second-order valence-corrected chi connectivity index (χ2v) is 6.10. The van der Waals surface area contributed by atoms with Crippen molar-refractivity contribution < 1.29 is 23.1 Å². The van der Waals surface area contributed by atoms with Crippen molar-refractivity contribution >= 4 is 33.3 Å². The quantitative estimate of drug-likeness (QED) is 0.778. The van der Waals surface area contributed by atoms with E-state index in [-0.39, 0.29) is 21.3 Å². The number of aromatic carboxylic acids is 1. The molecule has 9 heteroatoms. The highest BCUT2D eigenvalue weighted by Crippen LogP contribution is 2.28. The standard InChI is InChI=1S/C12H11ClN2O5S/c1-20-7-2-3-10(9(13)4-7)15-21(18,19)8-5-11(12(16)17)14-6-8/h2-6,14-15H,1H3,(H,16,17). The van der Waals surface area contributed by atoms with Crippen molar-refractivity contribution in [2.45, 2.75) is 4.90 Å². The lowest BCUT2D eigenvalue weighted by atomic mass is 10.3. The van der Waals surface area contributed by atoms with Gasteiger partial charge in [-0.15, -0.1) is 0 Å². The maximum atomic E-state index is 12.1. The predicted molar refractivity (Wildman–Crippen MR) is 76.6 cm³/mol. The van der Waals surface area contributed by atoms with Gasteiger partial charge in [0.1, 0.15) is 16.3 Å². The molecule has 0 radical (unpaired) electrons. The Labute approximate surface area is 125 Å². The minimum absolute atomic E-state index is 0.159. The first-order chi connectivity index (χ1) is 9.83. The Hall–Kier alpha value is -2.19. The van der Waals surface area contributed by atoms with E-state index < -0.39 is 16.0 Å². The van der Waals surface area contributed by atoms with Gasteiger partial charge in [0.15, 0.2) is 0 Å². The summed E-state index contributed by atoms with van der Waals surface area (Å²) in [4.78, 5) is 12.9. The third-order valence-corrected chi connectivity index (χ3v) is 4.28. The van der Waals surface area contributed by atoms with Crippen LogP contribution in [-0.4, -0.2) is 31.6 Å². The van der Waals surface area contributed by atoms with E-state index in [9.17, 15) is 13.2 Å². The zero-order chi connectivity index (χ0) is 15.6. The van der Waals surface area contributed by atoms with E-state index >= 15 is 0 Å². The Balaban J connectivity index is 2.30. The molecule has 0 atom stereocenters. The highest BCUT2D eigenvalue weighted by Gasteiger charge is 2.19. The summed E-state index contributed by atoms with van der Waals surface area (Å²) >= 11 is 5.95. The van der Waals surface area contributed by atoms with Gasteiger partial charge in [-0.3, -0.25) is 4.72 Å². The number of carbonyl (C=O) groups is 1. The number of carboxylic acids is 1. The molecular weight excluding hydrogens is 320 g/mol. The van der Waals surface area contributed by atoms with Crippen LogP contribution >= 0.6 is 11.6 Å². The molecule has 0 amide bonds.